The SMILES string of the molecule is CCC(C)(NCCOc1cccc(Br)c1)C(=O)O. The molecule has 0 radical (unpaired) electrons. The molecule has 0 aliphatic carbocycles. The van der Waals surface area contributed by atoms with Crippen LogP contribution in [0, 0.1) is 0 Å². The average molecular weight is 316 g/mol. The number of benzene rings is 1. The van der Waals surface area contributed by atoms with Crippen molar-refractivity contribution in [2.24, 2.45) is 0 Å². The Kier molecular flexibility index (Phi) is 5.62. The molecule has 0 saturated heterocycles. The molecule has 0 aliphatic rings. The molecule has 0 spiro atoms. The first-order valence-electron chi connectivity index (χ1n) is 5.85. The largest absolute Gasteiger partial charge is 0.492 e. The first kappa shape index (κ1) is 15.0. The molecular formula is C13H18BrNO3. The molecule has 1 aromatic carbocycles. The first-order chi connectivity index (χ1) is 8.48. The van der Waals surface area contributed by atoms with Crippen LogP contribution in [0.5, 0.6) is 5.75 Å². The highest BCUT2D eigenvalue weighted by molar-refractivity contribution is 9.10. The molecular weight excluding hydrogens is 298 g/mol. The summed E-state index contributed by atoms with van der Waals surface area (Å²) in [6.07, 6.45) is 0.527. The van der Waals surface area contributed by atoms with Gasteiger partial charge in [0.25, 0.3) is 0 Å². The summed E-state index contributed by atoms with van der Waals surface area (Å²) in [5, 5.41) is 12.1. The van der Waals surface area contributed by atoms with Crippen LogP contribution in [0.2, 0.25) is 0 Å². The standard InChI is InChI=1S/C13H18BrNO3/c1-3-13(2,12(16)17)15-7-8-18-11-6-4-5-10(14)9-11/h4-6,9,15H,3,7-8H2,1-2H3,(H,16,17). The summed E-state index contributed by atoms with van der Waals surface area (Å²) in [5.41, 5.74) is -0.888. The third kappa shape index (κ3) is 4.31. The van der Waals surface area contributed by atoms with E-state index in [1.807, 2.05) is 31.2 Å². The summed E-state index contributed by atoms with van der Waals surface area (Å²) >= 11 is 3.36. The van der Waals surface area contributed by atoms with Crippen LogP contribution in [-0.4, -0.2) is 29.8 Å². The van der Waals surface area contributed by atoms with Crippen LogP contribution in [-0.2, 0) is 4.79 Å². The summed E-state index contributed by atoms with van der Waals surface area (Å²) in [6, 6.07) is 7.54. The number of nitrogens with one attached hydrogen (secondary N) is 1. The summed E-state index contributed by atoms with van der Waals surface area (Å²) in [6.45, 7) is 4.44. The zero-order valence-electron chi connectivity index (χ0n) is 10.6. The zero-order valence-corrected chi connectivity index (χ0v) is 12.2. The van der Waals surface area contributed by atoms with Crippen LogP contribution >= 0.6 is 15.9 Å². The number of carboxylic acid groups (broad SMARTS) is 1. The molecule has 0 aromatic heterocycles. The van der Waals surface area contributed by atoms with Gasteiger partial charge in [-0.15, -0.1) is 0 Å². The maximum atomic E-state index is 11.1. The highest BCUT2D eigenvalue weighted by Gasteiger charge is 2.29. The molecule has 1 unspecified atom stereocenters. The van der Waals surface area contributed by atoms with E-state index in [9.17, 15) is 4.79 Å². The van der Waals surface area contributed by atoms with Gasteiger partial charge < -0.3 is 9.84 Å². The van der Waals surface area contributed by atoms with Crippen LogP contribution in [0.3, 0.4) is 0 Å². The number of halogens is 1. The van der Waals surface area contributed by atoms with Crippen molar-refractivity contribution >= 4 is 21.9 Å². The number of hydrogen-bond donors (Lipinski definition) is 2. The molecule has 0 bridgehead atoms. The predicted octanol–water partition coefficient (Wildman–Crippen LogP) is 2.67. The quantitative estimate of drug-likeness (QED) is 0.759. The molecule has 0 saturated carbocycles. The second-order valence-corrected chi connectivity index (χ2v) is 5.14. The molecule has 100 valence electrons. The van der Waals surface area contributed by atoms with Crippen LogP contribution in [0.25, 0.3) is 0 Å². The molecule has 1 aromatic rings. The van der Waals surface area contributed by atoms with E-state index in [0.717, 1.165) is 10.2 Å². The number of carbonyl (C=O) groups is 1. The maximum Gasteiger partial charge on any atom is 0.323 e. The van der Waals surface area contributed by atoms with E-state index in [-0.39, 0.29) is 0 Å². The van der Waals surface area contributed by atoms with Gasteiger partial charge in [0.2, 0.25) is 0 Å². The number of carboxylic acids is 1. The van der Waals surface area contributed by atoms with Crippen molar-refractivity contribution in [3.63, 3.8) is 0 Å². The maximum absolute atomic E-state index is 11.1. The lowest BCUT2D eigenvalue weighted by atomic mass is 9.99. The van der Waals surface area contributed by atoms with E-state index in [2.05, 4.69) is 21.2 Å². The smallest absolute Gasteiger partial charge is 0.323 e. The Hall–Kier alpha value is -1.07. The minimum atomic E-state index is -0.888. The zero-order chi connectivity index (χ0) is 13.6. The fourth-order valence-electron chi connectivity index (χ4n) is 1.40. The highest BCUT2D eigenvalue weighted by atomic mass is 79.9. The molecule has 0 heterocycles. The van der Waals surface area contributed by atoms with E-state index in [1.165, 1.54) is 0 Å². The Bertz CT molecular complexity index is 411. The lowest BCUT2D eigenvalue weighted by molar-refractivity contribution is -0.144. The minimum Gasteiger partial charge on any atom is -0.492 e. The van der Waals surface area contributed by atoms with E-state index in [4.69, 9.17) is 9.84 Å². The van der Waals surface area contributed by atoms with Crippen molar-refractivity contribution in [2.45, 2.75) is 25.8 Å². The lowest BCUT2D eigenvalue weighted by Gasteiger charge is -2.24. The van der Waals surface area contributed by atoms with Crippen LogP contribution in [0.4, 0.5) is 0 Å². The van der Waals surface area contributed by atoms with Crippen molar-refractivity contribution in [3.8, 4) is 5.75 Å². The monoisotopic (exact) mass is 315 g/mol. The van der Waals surface area contributed by atoms with Gasteiger partial charge in [-0.3, -0.25) is 10.1 Å². The second-order valence-electron chi connectivity index (χ2n) is 4.22. The van der Waals surface area contributed by atoms with Crippen LogP contribution in [0.15, 0.2) is 28.7 Å². The van der Waals surface area contributed by atoms with Gasteiger partial charge in [-0.2, -0.15) is 0 Å². The Morgan fingerprint density at radius 1 is 1.56 bits per heavy atom. The topological polar surface area (TPSA) is 58.6 Å². The van der Waals surface area contributed by atoms with Crippen molar-refractivity contribution in [2.75, 3.05) is 13.2 Å². The number of aliphatic carboxylic acids is 1. The first-order valence-corrected chi connectivity index (χ1v) is 6.64. The second kappa shape index (κ2) is 6.75. The summed E-state index contributed by atoms with van der Waals surface area (Å²) in [4.78, 5) is 11.1. The van der Waals surface area contributed by atoms with Gasteiger partial charge in [0.05, 0.1) is 0 Å². The molecule has 0 aliphatic heterocycles. The molecule has 1 rings (SSSR count). The van der Waals surface area contributed by atoms with E-state index >= 15 is 0 Å². The fourth-order valence-corrected chi connectivity index (χ4v) is 1.78. The van der Waals surface area contributed by atoms with Gasteiger partial charge in [0.1, 0.15) is 17.9 Å². The Balaban J connectivity index is 2.37. The third-order valence-corrected chi connectivity index (χ3v) is 3.35. The van der Waals surface area contributed by atoms with Gasteiger partial charge in [0, 0.05) is 11.0 Å². The number of rotatable bonds is 7. The Labute approximate surface area is 115 Å². The Morgan fingerprint density at radius 3 is 2.83 bits per heavy atom. The number of ether oxygens (including phenoxy) is 1. The average Bonchev–Trinajstić information content (AvgIpc) is 2.34. The number of hydrogen-bond acceptors (Lipinski definition) is 3. The molecule has 5 heteroatoms. The molecule has 0 fully saturated rings. The van der Waals surface area contributed by atoms with Gasteiger partial charge >= 0.3 is 5.97 Å². The molecule has 1 atom stereocenters. The van der Waals surface area contributed by atoms with Gasteiger partial charge in [-0.1, -0.05) is 28.9 Å². The van der Waals surface area contributed by atoms with Gasteiger partial charge in [-0.05, 0) is 31.5 Å². The Morgan fingerprint density at radius 2 is 2.28 bits per heavy atom. The van der Waals surface area contributed by atoms with Crippen molar-refractivity contribution in [3.05, 3.63) is 28.7 Å². The summed E-state index contributed by atoms with van der Waals surface area (Å²) in [5.74, 6) is -0.0767. The molecule has 18 heavy (non-hydrogen) atoms. The summed E-state index contributed by atoms with van der Waals surface area (Å²) in [7, 11) is 0. The predicted molar refractivity (Wildman–Crippen MR) is 74.0 cm³/mol. The highest BCUT2D eigenvalue weighted by Crippen LogP contribution is 2.17. The molecule has 2 N–H and O–H groups in total. The lowest BCUT2D eigenvalue weighted by Crippen LogP contribution is -2.50. The van der Waals surface area contributed by atoms with Crippen LogP contribution < -0.4 is 10.1 Å². The minimum absolute atomic E-state index is 0.430. The summed E-state index contributed by atoms with van der Waals surface area (Å²) < 4.78 is 6.48. The van der Waals surface area contributed by atoms with Gasteiger partial charge in [-0.25, -0.2) is 0 Å². The van der Waals surface area contributed by atoms with E-state index < -0.39 is 11.5 Å². The van der Waals surface area contributed by atoms with E-state index in [1.54, 1.807) is 6.92 Å². The van der Waals surface area contributed by atoms with Gasteiger partial charge in [0.15, 0.2) is 0 Å². The molecule has 4 nitrogen and oxygen atoms in total. The van der Waals surface area contributed by atoms with E-state index in [0.29, 0.717) is 19.6 Å². The van der Waals surface area contributed by atoms with Crippen molar-refractivity contribution in [1.82, 2.24) is 5.32 Å². The fraction of sp³-hybridized carbons (Fsp3) is 0.462. The van der Waals surface area contributed by atoms with Crippen LogP contribution in [0.1, 0.15) is 20.3 Å². The normalized spacial score (nSPS) is 13.9. The molecule has 0 amide bonds. The van der Waals surface area contributed by atoms with Crippen molar-refractivity contribution in [1.29, 1.82) is 0 Å². The third-order valence-electron chi connectivity index (χ3n) is 2.86. The van der Waals surface area contributed by atoms with Crippen molar-refractivity contribution < 1.29 is 14.6 Å².